The maximum Gasteiger partial charge on any atom is 0.280 e. The van der Waals surface area contributed by atoms with Crippen molar-refractivity contribution in [3.05, 3.63) is 45.1 Å². The number of aromatic nitrogens is 2. The second-order valence-corrected chi connectivity index (χ2v) is 10.8. The minimum absolute atomic E-state index is 0.112. The molecule has 4 rings (SSSR count). The molecule has 0 bridgehead atoms. The fourth-order valence-corrected chi connectivity index (χ4v) is 5.85. The van der Waals surface area contributed by atoms with Crippen LogP contribution in [0, 0.1) is 0 Å². The molecule has 0 spiro atoms. The molecule has 29 heavy (non-hydrogen) atoms. The van der Waals surface area contributed by atoms with Crippen LogP contribution in [0.3, 0.4) is 0 Å². The first kappa shape index (κ1) is 20.7. The van der Waals surface area contributed by atoms with Crippen LogP contribution in [0.15, 0.2) is 44.6 Å². The van der Waals surface area contributed by atoms with Gasteiger partial charge in [-0.15, -0.1) is 0 Å². The van der Waals surface area contributed by atoms with Crippen molar-refractivity contribution >= 4 is 75.1 Å². The maximum atomic E-state index is 13.1. The van der Waals surface area contributed by atoms with E-state index in [-0.39, 0.29) is 16.6 Å². The summed E-state index contributed by atoms with van der Waals surface area (Å²) in [5.74, 6) is -0.195. The molecule has 152 valence electrons. The van der Waals surface area contributed by atoms with Crippen molar-refractivity contribution in [1.29, 1.82) is 0 Å². The van der Waals surface area contributed by atoms with Crippen molar-refractivity contribution in [3.63, 3.8) is 0 Å². The number of carbonyl (C=O) groups excluding carboxylic acids is 1. The smallest absolute Gasteiger partial charge is 0.280 e. The lowest BCUT2D eigenvalue weighted by Gasteiger charge is -2.27. The molecule has 11 heteroatoms. The Balaban J connectivity index is 1.75. The summed E-state index contributed by atoms with van der Waals surface area (Å²) in [6, 6.07) is 4.94. The zero-order valence-electron chi connectivity index (χ0n) is 15.1. The number of nitrogens with one attached hydrogen (secondary N) is 1. The molecular formula is C18H16Br2N4O3S2. The molecular weight excluding hydrogens is 544 g/mol. The number of benzene rings is 1. The van der Waals surface area contributed by atoms with Crippen molar-refractivity contribution < 1.29 is 13.2 Å². The molecule has 1 N–H and O–H groups in total. The van der Waals surface area contributed by atoms with Gasteiger partial charge in [0.25, 0.3) is 15.9 Å². The Bertz CT molecular complexity index is 1190. The van der Waals surface area contributed by atoms with E-state index in [0.29, 0.717) is 33.0 Å². The van der Waals surface area contributed by atoms with Gasteiger partial charge >= 0.3 is 0 Å². The third kappa shape index (κ3) is 4.18. The number of anilines is 1. The van der Waals surface area contributed by atoms with Gasteiger partial charge < -0.3 is 4.90 Å². The minimum atomic E-state index is -4.03. The Morgan fingerprint density at radius 1 is 1.14 bits per heavy atom. The van der Waals surface area contributed by atoms with Crippen molar-refractivity contribution in [2.24, 2.45) is 0 Å². The Hall–Kier alpha value is -1.56. The Labute approximate surface area is 189 Å². The summed E-state index contributed by atoms with van der Waals surface area (Å²) >= 11 is 8.00. The van der Waals surface area contributed by atoms with E-state index in [1.807, 2.05) is 0 Å². The highest BCUT2D eigenvalue weighted by molar-refractivity contribution is 9.13. The monoisotopic (exact) mass is 558 g/mol. The van der Waals surface area contributed by atoms with Crippen molar-refractivity contribution in [1.82, 2.24) is 14.3 Å². The van der Waals surface area contributed by atoms with Crippen LogP contribution in [0.4, 0.5) is 5.69 Å². The highest BCUT2D eigenvalue weighted by Gasteiger charge is 2.26. The fourth-order valence-electron chi connectivity index (χ4n) is 3.25. The van der Waals surface area contributed by atoms with E-state index in [4.69, 9.17) is 0 Å². The maximum absolute atomic E-state index is 13.1. The molecule has 0 aliphatic carbocycles. The normalized spacial score (nSPS) is 14.9. The summed E-state index contributed by atoms with van der Waals surface area (Å²) < 4.78 is 34.9. The molecule has 0 unspecified atom stereocenters. The van der Waals surface area contributed by atoms with Crippen LogP contribution in [-0.2, 0) is 10.0 Å². The molecule has 3 aromatic rings. The summed E-state index contributed by atoms with van der Waals surface area (Å²) in [7, 11) is -4.03. The summed E-state index contributed by atoms with van der Waals surface area (Å²) in [5.41, 5.74) is 0.499. The van der Waals surface area contributed by atoms with E-state index in [9.17, 15) is 13.2 Å². The van der Waals surface area contributed by atoms with Crippen LogP contribution in [0.2, 0.25) is 0 Å². The van der Waals surface area contributed by atoms with E-state index >= 15 is 0 Å². The van der Waals surface area contributed by atoms with Gasteiger partial charge in [-0.25, -0.2) is 4.98 Å². The van der Waals surface area contributed by atoms with Crippen LogP contribution >= 0.6 is 43.4 Å². The number of rotatable bonds is 4. The van der Waals surface area contributed by atoms with Crippen LogP contribution in [0.25, 0.3) is 10.1 Å². The number of nitrogens with zero attached hydrogens (tertiary/aromatic N) is 3. The zero-order chi connectivity index (χ0) is 20.6. The number of pyridine rings is 1. The number of carbonyl (C=O) groups is 1. The first-order valence-corrected chi connectivity index (χ1v) is 12.7. The number of fused-ring (bicyclic) bond motifs is 1. The predicted molar refractivity (Wildman–Crippen MR) is 120 cm³/mol. The average Bonchev–Trinajstić information content (AvgIpc) is 3.19. The second kappa shape index (κ2) is 8.29. The van der Waals surface area contributed by atoms with Gasteiger partial charge in [0, 0.05) is 28.2 Å². The lowest BCUT2D eigenvalue weighted by Crippen LogP contribution is -2.36. The lowest BCUT2D eigenvalue weighted by molar-refractivity contribution is 0.0725. The lowest BCUT2D eigenvalue weighted by atomic mass is 10.1. The van der Waals surface area contributed by atoms with Crippen LogP contribution in [0.5, 0.6) is 0 Å². The number of sulfonamides is 1. The van der Waals surface area contributed by atoms with E-state index in [0.717, 1.165) is 24.0 Å². The van der Waals surface area contributed by atoms with Crippen molar-refractivity contribution in [2.75, 3.05) is 17.8 Å². The highest BCUT2D eigenvalue weighted by atomic mass is 79.9. The third-order valence-electron chi connectivity index (χ3n) is 4.68. The van der Waals surface area contributed by atoms with Gasteiger partial charge in [-0.1, -0.05) is 0 Å². The fraction of sp³-hybridized carbons (Fsp3) is 0.278. The van der Waals surface area contributed by atoms with Gasteiger partial charge in [-0.3, -0.25) is 9.52 Å². The number of piperidine rings is 1. The summed E-state index contributed by atoms with van der Waals surface area (Å²) in [6.45, 7) is 1.33. The molecule has 7 nitrogen and oxygen atoms in total. The van der Waals surface area contributed by atoms with Crippen LogP contribution in [0.1, 0.15) is 29.6 Å². The number of amides is 1. The Morgan fingerprint density at radius 2 is 1.86 bits per heavy atom. The molecule has 0 radical (unpaired) electrons. The molecule has 1 aliphatic rings. The van der Waals surface area contributed by atoms with Gasteiger partial charge in [0.15, 0.2) is 5.03 Å². The molecule has 1 fully saturated rings. The second-order valence-electron chi connectivity index (χ2n) is 6.62. The Kier molecular flexibility index (Phi) is 5.92. The zero-order valence-corrected chi connectivity index (χ0v) is 19.9. The summed E-state index contributed by atoms with van der Waals surface area (Å²) in [6.07, 6.45) is 5.91. The molecule has 2 aromatic heterocycles. The third-order valence-corrected chi connectivity index (χ3v) is 8.61. The first-order chi connectivity index (χ1) is 13.9. The standard InChI is InChI=1S/C18H16Br2N4O3S2/c19-13-8-11(18(25)24-6-2-1-3-7-24)15(9-14(13)20)23-29(26,27)17-12-10-22-28-16(12)4-5-21-17/h4-5,8-10,23H,1-3,6-7H2. The number of hydrogen-bond acceptors (Lipinski definition) is 6. The number of halogens is 2. The molecule has 0 atom stereocenters. The average molecular weight is 560 g/mol. The van der Waals surface area contributed by atoms with E-state index in [2.05, 4.69) is 45.9 Å². The topological polar surface area (TPSA) is 92.3 Å². The number of likely N-dealkylation sites (tertiary alicyclic amines) is 1. The SMILES string of the molecule is O=C(c1cc(Br)c(Br)cc1NS(=O)(=O)c1nccc2sncc12)N1CCCCC1. The van der Waals surface area contributed by atoms with Crippen molar-refractivity contribution in [2.45, 2.75) is 24.3 Å². The molecule has 3 heterocycles. The van der Waals surface area contributed by atoms with Gasteiger partial charge in [0.05, 0.1) is 27.5 Å². The van der Waals surface area contributed by atoms with Crippen LogP contribution < -0.4 is 4.72 Å². The Morgan fingerprint density at radius 3 is 2.62 bits per heavy atom. The predicted octanol–water partition coefficient (Wildman–Crippen LogP) is 4.64. The summed E-state index contributed by atoms with van der Waals surface area (Å²) in [5, 5.41) is 0.337. The van der Waals surface area contributed by atoms with Crippen molar-refractivity contribution in [3.8, 4) is 0 Å². The van der Waals surface area contributed by atoms with E-state index in [1.165, 1.54) is 23.9 Å². The van der Waals surface area contributed by atoms with E-state index in [1.54, 1.807) is 23.1 Å². The summed E-state index contributed by atoms with van der Waals surface area (Å²) in [4.78, 5) is 18.9. The van der Waals surface area contributed by atoms with Gasteiger partial charge in [0.2, 0.25) is 0 Å². The molecule has 1 aliphatic heterocycles. The van der Waals surface area contributed by atoms with Gasteiger partial charge in [-0.05, 0) is 80.9 Å². The first-order valence-electron chi connectivity index (χ1n) is 8.87. The van der Waals surface area contributed by atoms with Crippen LogP contribution in [-0.4, -0.2) is 41.7 Å². The highest BCUT2D eigenvalue weighted by Crippen LogP contribution is 2.33. The van der Waals surface area contributed by atoms with Gasteiger partial charge in [0.1, 0.15) is 0 Å². The molecule has 0 saturated carbocycles. The largest absolute Gasteiger partial charge is 0.339 e. The molecule has 1 aromatic carbocycles. The molecule has 1 amide bonds. The quantitative estimate of drug-likeness (QED) is 0.502. The van der Waals surface area contributed by atoms with E-state index < -0.39 is 10.0 Å². The minimum Gasteiger partial charge on any atom is -0.339 e. The number of hydrogen-bond donors (Lipinski definition) is 1. The van der Waals surface area contributed by atoms with Gasteiger partial charge in [-0.2, -0.15) is 12.8 Å². The molecule has 1 saturated heterocycles.